The molecular formula is C11H22N2O. The smallest absolute Gasteiger partial charge is 0.0619 e. The number of rotatable bonds is 1. The van der Waals surface area contributed by atoms with E-state index in [4.69, 9.17) is 10.5 Å². The van der Waals surface area contributed by atoms with E-state index in [1.807, 2.05) is 0 Å². The zero-order valence-corrected chi connectivity index (χ0v) is 9.11. The molecule has 0 spiro atoms. The van der Waals surface area contributed by atoms with Gasteiger partial charge in [0.2, 0.25) is 0 Å². The number of nitrogens with zero attached hydrogens (tertiary/aromatic N) is 1. The number of nitrogens with two attached hydrogens (primary N) is 1. The molecule has 3 nitrogen and oxygen atoms in total. The summed E-state index contributed by atoms with van der Waals surface area (Å²) in [5.74, 6) is 0. The van der Waals surface area contributed by atoms with Crippen molar-refractivity contribution in [1.82, 2.24) is 4.90 Å². The third kappa shape index (κ3) is 2.27. The van der Waals surface area contributed by atoms with E-state index in [-0.39, 0.29) is 0 Å². The quantitative estimate of drug-likeness (QED) is 0.682. The largest absolute Gasteiger partial charge is 0.379 e. The molecule has 1 saturated carbocycles. The first-order chi connectivity index (χ1) is 6.77. The van der Waals surface area contributed by atoms with Crippen LogP contribution in [-0.2, 0) is 4.74 Å². The van der Waals surface area contributed by atoms with E-state index in [1.165, 1.54) is 25.7 Å². The van der Waals surface area contributed by atoms with Crippen LogP contribution in [0, 0.1) is 0 Å². The Morgan fingerprint density at radius 1 is 1.21 bits per heavy atom. The third-order valence-electron chi connectivity index (χ3n) is 3.63. The van der Waals surface area contributed by atoms with Gasteiger partial charge < -0.3 is 10.5 Å². The topological polar surface area (TPSA) is 38.5 Å². The number of ether oxygens (including phenoxy) is 1. The summed E-state index contributed by atoms with van der Waals surface area (Å²) in [6, 6.07) is 1.83. The normalized spacial score (nSPS) is 41.1. The highest BCUT2D eigenvalue weighted by atomic mass is 16.5. The molecule has 0 amide bonds. The number of hydrogen-bond donors (Lipinski definition) is 1. The number of hydrogen-bond acceptors (Lipinski definition) is 3. The summed E-state index contributed by atoms with van der Waals surface area (Å²) in [7, 11) is 0. The van der Waals surface area contributed by atoms with Crippen LogP contribution in [0.2, 0.25) is 0 Å². The molecule has 1 unspecified atom stereocenters. The summed E-state index contributed by atoms with van der Waals surface area (Å²) < 4.78 is 5.46. The van der Waals surface area contributed by atoms with E-state index < -0.39 is 0 Å². The Labute approximate surface area is 86.6 Å². The van der Waals surface area contributed by atoms with E-state index in [0.717, 1.165) is 25.8 Å². The zero-order chi connectivity index (χ0) is 9.97. The van der Waals surface area contributed by atoms with Crippen LogP contribution in [0.5, 0.6) is 0 Å². The van der Waals surface area contributed by atoms with Crippen molar-refractivity contribution >= 4 is 0 Å². The van der Waals surface area contributed by atoms with Crippen molar-refractivity contribution in [2.75, 3.05) is 19.8 Å². The fourth-order valence-electron chi connectivity index (χ4n) is 2.72. The van der Waals surface area contributed by atoms with Gasteiger partial charge in [0.25, 0.3) is 0 Å². The second-order valence-corrected chi connectivity index (χ2v) is 4.73. The van der Waals surface area contributed by atoms with Crippen LogP contribution in [0.4, 0.5) is 0 Å². The second-order valence-electron chi connectivity index (χ2n) is 4.73. The SMILES string of the molecule is CC1COCCN1C1CCC(N)CC1. The highest BCUT2D eigenvalue weighted by Gasteiger charge is 2.29. The minimum atomic E-state index is 0.461. The minimum absolute atomic E-state index is 0.461. The first kappa shape index (κ1) is 10.4. The van der Waals surface area contributed by atoms with Crippen molar-refractivity contribution in [3.63, 3.8) is 0 Å². The average molecular weight is 198 g/mol. The fraction of sp³-hybridized carbons (Fsp3) is 1.00. The van der Waals surface area contributed by atoms with Gasteiger partial charge in [-0.15, -0.1) is 0 Å². The molecular weight excluding hydrogens is 176 g/mol. The molecule has 1 aliphatic carbocycles. The van der Waals surface area contributed by atoms with Gasteiger partial charge in [-0.2, -0.15) is 0 Å². The van der Waals surface area contributed by atoms with Gasteiger partial charge in [0.1, 0.15) is 0 Å². The first-order valence-corrected chi connectivity index (χ1v) is 5.86. The Kier molecular flexibility index (Phi) is 3.42. The lowest BCUT2D eigenvalue weighted by Crippen LogP contribution is -2.51. The Morgan fingerprint density at radius 2 is 1.93 bits per heavy atom. The van der Waals surface area contributed by atoms with Crippen LogP contribution >= 0.6 is 0 Å². The van der Waals surface area contributed by atoms with Crippen LogP contribution in [-0.4, -0.2) is 42.8 Å². The molecule has 2 N–H and O–H groups in total. The second kappa shape index (κ2) is 4.60. The van der Waals surface area contributed by atoms with Crippen LogP contribution in [0.25, 0.3) is 0 Å². The fourth-order valence-corrected chi connectivity index (χ4v) is 2.72. The van der Waals surface area contributed by atoms with Crippen molar-refractivity contribution in [2.45, 2.75) is 50.7 Å². The lowest BCUT2D eigenvalue weighted by Gasteiger charge is -2.42. The summed E-state index contributed by atoms with van der Waals surface area (Å²) in [4.78, 5) is 2.62. The molecule has 2 fully saturated rings. The molecule has 2 rings (SSSR count). The lowest BCUT2D eigenvalue weighted by atomic mass is 9.90. The van der Waals surface area contributed by atoms with Gasteiger partial charge in [-0.05, 0) is 32.6 Å². The molecule has 14 heavy (non-hydrogen) atoms. The summed E-state index contributed by atoms with van der Waals surface area (Å²) in [6.45, 7) is 5.20. The van der Waals surface area contributed by atoms with Gasteiger partial charge in [-0.25, -0.2) is 0 Å². The van der Waals surface area contributed by atoms with E-state index in [1.54, 1.807) is 0 Å². The predicted octanol–water partition coefficient (Wildman–Crippen LogP) is 0.977. The molecule has 82 valence electrons. The van der Waals surface area contributed by atoms with Gasteiger partial charge in [-0.3, -0.25) is 4.90 Å². The zero-order valence-electron chi connectivity index (χ0n) is 9.11. The molecule has 0 aromatic carbocycles. The molecule has 0 aromatic heterocycles. The third-order valence-corrected chi connectivity index (χ3v) is 3.63. The van der Waals surface area contributed by atoms with Gasteiger partial charge in [0.15, 0.2) is 0 Å². The van der Waals surface area contributed by atoms with Gasteiger partial charge >= 0.3 is 0 Å². The van der Waals surface area contributed by atoms with Crippen LogP contribution in [0.15, 0.2) is 0 Å². The van der Waals surface area contributed by atoms with Crippen LogP contribution in [0.1, 0.15) is 32.6 Å². The minimum Gasteiger partial charge on any atom is -0.379 e. The maximum atomic E-state index is 5.92. The molecule has 0 radical (unpaired) electrons. The van der Waals surface area contributed by atoms with E-state index in [2.05, 4.69) is 11.8 Å². The summed E-state index contributed by atoms with van der Waals surface area (Å²) in [6.07, 6.45) is 4.97. The summed E-state index contributed by atoms with van der Waals surface area (Å²) in [5, 5.41) is 0. The van der Waals surface area contributed by atoms with E-state index in [9.17, 15) is 0 Å². The molecule has 0 aromatic rings. The van der Waals surface area contributed by atoms with E-state index >= 15 is 0 Å². The molecule has 1 atom stereocenters. The monoisotopic (exact) mass is 198 g/mol. The van der Waals surface area contributed by atoms with Gasteiger partial charge in [-0.1, -0.05) is 0 Å². The van der Waals surface area contributed by atoms with Crippen molar-refractivity contribution in [2.24, 2.45) is 5.73 Å². The molecule has 0 bridgehead atoms. The predicted molar refractivity (Wildman–Crippen MR) is 57.2 cm³/mol. The average Bonchev–Trinajstić information content (AvgIpc) is 2.20. The van der Waals surface area contributed by atoms with Crippen molar-refractivity contribution in [3.8, 4) is 0 Å². The summed E-state index contributed by atoms with van der Waals surface area (Å²) >= 11 is 0. The molecule has 1 heterocycles. The van der Waals surface area contributed by atoms with Crippen LogP contribution < -0.4 is 5.73 Å². The maximum absolute atomic E-state index is 5.92. The first-order valence-electron chi connectivity index (χ1n) is 5.86. The van der Waals surface area contributed by atoms with Crippen LogP contribution in [0.3, 0.4) is 0 Å². The highest BCUT2D eigenvalue weighted by molar-refractivity contribution is 4.84. The van der Waals surface area contributed by atoms with Crippen molar-refractivity contribution in [1.29, 1.82) is 0 Å². The number of morpholine rings is 1. The standard InChI is InChI=1S/C11H22N2O/c1-9-8-14-7-6-13(9)11-4-2-10(12)3-5-11/h9-11H,2-8,12H2,1H3. The van der Waals surface area contributed by atoms with Gasteiger partial charge in [0.05, 0.1) is 13.2 Å². The van der Waals surface area contributed by atoms with Crippen molar-refractivity contribution < 1.29 is 4.74 Å². The Bertz CT molecular complexity index is 178. The molecule has 3 heteroatoms. The van der Waals surface area contributed by atoms with Gasteiger partial charge in [0, 0.05) is 24.7 Å². The Morgan fingerprint density at radius 3 is 2.57 bits per heavy atom. The highest BCUT2D eigenvalue weighted by Crippen LogP contribution is 2.24. The molecule has 2 aliphatic rings. The lowest BCUT2D eigenvalue weighted by molar-refractivity contribution is -0.0300. The molecule has 1 aliphatic heterocycles. The van der Waals surface area contributed by atoms with E-state index in [0.29, 0.717) is 12.1 Å². The molecule has 1 saturated heterocycles. The Hall–Kier alpha value is -0.120. The Balaban J connectivity index is 1.87. The maximum Gasteiger partial charge on any atom is 0.0619 e. The van der Waals surface area contributed by atoms with Crippen molar-refractivity contribution in [3.05, 3.63) is 0 Å². The summed E-state index contributed by atoms with van der Waals surface area (Å²) in [5.41, 5.74) is 5.92.